The van der Waals surface area contributed by atoms with Crippen molar-refractivity contribution in [2.45, 2.75) is 32.1 Å². The zero-order chi connectivity index (χ0) is 20.3. The molecule has 2 N–H and O–H groups in total. The van der Waals surface area contributed by atoms with E-state index >= 15 is 0 Å². The first-order valence-corrected chi connectivity index (χ1v) is 11.5. The van der Waals surface area contributed by atoms with Gasteiger partial charge in [-0.2, -0.15) is 0 Å². The van der Waals surface area contributed by atoms with Crippen molar-refractivity contribution >= 4 is 30.8 Å². The van der Waals surface area contributed by atoms with E-state index in [4.69, 9.17) is 4.74 Å². The molecule has 0 aliphatic rings. The van der Waals surface area contributed by atoms with Crippen LogP contribution in [0.25, 0.3) is 0 Å². The molecule has 0 aliphatic heterocycles. The van der Waals surface area contributed by atoms with Crippen molar-refractivity contribution < 1.29 is 9.53 Å². The van der Waals surface area contributed by atoms with E-state index in [0.717, 1.165) is 58.5 Å². The van der Waals surface area contributed by atoms with Crippen molar-refractivity contribution in [1.29, 1.82) is 0 Å². The van der Waals surface area contributed by atoms with Crippen LogP contribution < -0.4 is 15.4 Å². The van der Waals surface area contributed by atoms with Gasteiger partial charge in [0.1, 0.15) is 0 Å². The zero-order valence-electron chi connectivity index (χ0n) is 16.6. The average molecular weight is 457 g/mol. The molecule has 0 aliphatic carbocycles. The second-order valence-electron chi connectivity index (χ2n) is 6.68. The predicted molar refractivity (Wildman–Crippen MR) is 116 cm³/mol. The number of hydrogen-bond donors (Lipinski definition) is 2. The minimum absolute atomic E-state index is 0.0846. The SMILES string of the molecule is COc1cccc(Nc2nnc(CCCCCNC(=O)Cc3ccccc3)[se]2)c1. The summed E-state index contributed by atoms with van der Waals surface area (Å²) in [6.07, 6.45) is 4.53. The summed E-state index contributed by atoms with van der Waals surface area (Å²) >= 11 is 0.146. The maximum atomic E-state index is 11.9. The molecule has 7 heteroatoms. The van der Waals surface area contributed by atoms with Crippen LogP contribution in [0.4, 0.5) is 10.4 Å². The van der Waals surface area contributed by atoms with Crippen LogP contribution in [-0.4, -0.2) is 44.3 Å². The Kier molecular flexibility index (Phi) is 8.28. The molecule has 0 spiro atoms. The van der Waals surface area contributed by atoms with Gasteiger partial charge >= 0.3 is 171 Å². The first-order chi connectivity index (χ1) is 14.2. The Bertz CT molecular complexity index is 899. The van der Waals surface area contributed by atoms with Gasteiger partial charge in [0.05, 0.1) is 0 Å². The summed E-state index contributed by atoms with van der Waals surface area (Å²) in [5, 5.41) is 14.9. The molecule has 1 aromatic heterocycles. The van der Waals surface area contributed by atoms with Gasteiger partial charge in [0.25, 0.3) is 0 Å². The number of carbonyl (C=O) groups is 1. The number of amides is 1. The number of benzene rings is 2. The van der Waals surface area contributed by atoms with Gasteiger partial charge < -0.3 is 0 Å². The molecule has 0 atom stereocenters. The summed E-state index contributed by atoms with van der Waals surface area (Å²) in [6.45, 7) is 0.725. The molecule has 2 aromatic carbocycles. The monoisotopic (exact) mass is 458 g/mol. The van der Waals surface area contributed by atoms with E-state index in [9.17, 15) is 4.79 Å². The summed E-state index contributed by atoms with van der Waals surface area (Å²) < 4.78 is 7.33. The number of aryl methyl sites for hydroxylation is 1. The molecule has 0 saturated carbocycles. The fourth-order valence-corrected chi connectivity index (χ4v) is 4.56. The molecule has 0 bridgehead atoms. The molecule has 6 nitrogen and oxygen atoms in total. The Hall–Kier alpha value is -2.63. The van der Waals surface area contributed by atoms with Gasteiger partial charge in [0, 0.05) is 0 Å². The van der Waals surface area contributed by atoms with E-state index in [0.29, 0.717) is 6.42 Å². The average Bonchev–Trinajstić information content (AvgIpc) is 3.18. The fraction of sp³-hybridized carbons (Fsp3) is 0.318. The van der Waals surface area contributed by atoms with E-state index in [2.05, 4.69) is 20.8 Å². The Labute approximate surface area is 177 Å². The Morgan fingerprint density at radius 3 is 2.72 bits per heavy atom. The Morgan fingerprint density at radius 1 is 1.03 bits per heavy atom. The zero-order valence-corrected chi connectivity index (χ0v) is 18.3. The molecule has 3 rings (SSSR count). The van der Waals surface area contributed by atoms with Crippen LogP contribution in [-0.2, 0) is 17.6 Å². The fourth-order valence-electron chi connectivity index (χ4n) is 2.88. The number of anilines is 2. The van der Waals surface area contributed by atoms with Crippen molar-refractivity contribution in [2.24, 2.45) is 0 Å². The number of nitrogens with one attached hydrogen (secondary N) is 2. The first-order valence-electron chi connectivity index (χ1n) is 9.77. The van der Waals surface area contributed by atoms with Crippen molar-refractivity contribution in [3.05, 3.63) is 64.7 Å². The number of methoxy groups -OCH3 is 1. The molecule has 3 aromatic rings. The molecular weight excluding hydrogens is 431 g/mol. The number of hydrogen-bond acceptors (Lipinski definition) is 5. The van der Waals surface area contributed by atoms with Crippen molar-refractivity contribution in [3.63, 3.8) is 0 Å². The topological polar surface area (TPSA) is 76.1 Å². The molecule has 152 valence electrons. The summed E-state index contributed by atoms with van der Waals surface area (Å²) in [4.78, 5) is 11.9. The van der Waals surface area contributed by atoms with Gasteiger partial charge in [-0.25, -0.2) is 0 Å². The molecular formula is C22H26N4O2Se. The predicted octanol–water partition coefficient (Wildman–Crippen LogP) is 3.36. The van der Waals surface area contributed by atoms with Gasteiger partial charge in [0.2, 0.25) is 0 Å². The van der Waals surface area contributed by atoms with E-state index in [1.165, 1.54) is 0 Å². The number of aromatic nitrogens is 2. The van der Waals surface area contributed by atoms with Gasteiger partial charge in [-0.05, 0) is 0 Å². The summed E-state index contributed by atoms with van der Waals surface area (Å²) in [5.41, 5.74) is 2.01. The summed E-state index contributed by atoms with van der Waals surface area (Å²) in [6, 6.07) is 17.6. The van der Waals surface area contributed by atoms with E-state index in [1.54, 1.807) is 7.11 Å². The molecule has 0 radical (unpaired) electrons. The van der Waals surface area contributed by atoms with Crippen LogP contribution in [0.2, 0.25) is 0 Å². The number of nitrogens with zero attached hydrogens (tertiary/aromatic N) is 2. The van der Waals surface area contributed by atoms with Gasteiger partial charge in [-0.1, -0.05) is 6.07 Å². The van der Waals surface area contributed by atoms with Gasteiger partial charge in [-0.15, -0.1) is 0 Å². The molecule has 29 heavy (non-hydrogen) atoms. The van der Waals surface area contributed by atoms with Crippen molar-refractivity contribution in [3.8, 4) is 5.75 Å². The minimum atomic E-state index is 0.0846. The van der Waals surface area contributed by atoms with Crippen LogP contribution in [0.15, 0.2) is 54.6 Å². The Balaban J connectivity index is 1.30. The molecule has 1 heterocycles. The number of ether oxygens (including phenoxy) is 1. The molecule has 0 unspecified atom stereocenters. The third kappa shape index (κ3) is 7.37. The van der Waals surface area contributed by atoms with E-state index < -0.39 is 0 Å². The van der Waals surface area contributed by atoms with E-state index in [-0.39, 0.29) is 20.4 Å². The van der Waals surface area contributed by atoms with Crippen LogP contribution in [0.3, 0.4) is 0 Å². The van der Waals surface area contributed by atoms with Crippen molar-refractivity contribution in [1.82, 2.24) is 15.5 Å². The van der Waals surface area contributed by atoms with Crippen LogP contribution in [0, 0.1) is 0 Å². The standard InChI is InChI=1S/C22H26N4O2Se/c1-28-19-12-8-11-18(16-19)24-22-26-25-21(29-22)13-6-3-7-14-23-20(27)15-17-9-4-2-5-10-17/h2,4-5,8-12,16H,3,6-7,13-15H2,1H3,(H,23,27)(H,24,26). The second kappa shape index (κ2) is 11.4. The number of carbonyl (C=O) groups excluding carboxylic acids is 1. The Morgan fingerprint density at radius 2 is 1.90 bits per heavy atom. The third-order valence-corrected chi connectivity index (χ3v) is 6.27. The second-order valence-corrected chi connectivity index (χ2v) is 8.91. The molecule has 0 fully saturated rings. The normalized spacial score (nSPS) is 10.5. The summed E-state index contributed by atoms with van der Waals surface area (Å²) in [5.74, 6) is 0.902. The van der Waals surface area contributed by atoms with E-state index in [1.807, 2.05) is 54.6 Å². The quantitative estimate of drug-likeness (QED) is 0.341. The molecule has 1 amide bonds. The maximum absolute atomic E-state index is 11.9. The van der Waals surface area contributed by atoms with Crippen LogP contribution in [0.5, 0.6) is 5.75 Å². The summed E-state index contributed by atoms with van der Waals surface area (Å²) in [7, 11) is 1.66. The third-order valence-electron chi connectivity index (χ3n) is 4.38. The van der Waals surface area contributed by atoms with Crippen LogP contribution >= 0.6 is 0 Å². The number of unbranched alkanes of at least 4 members (excludes halogenated alkanes) is 2. The van der Waals surface area contributed by atoms with Crippen molar-refractivity contribution in [2.75, 3.05) is 19.0 Å². The van der Waals surface area contributed by atoms with Gasteiger partial charge in [0.15, 0.2) is 0 Å². The van der Waals surface area contributed by atoms with Gasteiger partial charge in [-0.3, -0.25) is 0 Å². The molecule has 0 saturated heterocycles. The number of rotatable bonds is 11. The van der Waals surface area contributed by atoms with Crippen LogP contribution in [0.1, 0.15) is 29.4 Å². The first kappa shape index (κ1) is 21.1.